The lowest BCUT2D eigenvalue weighted by molar-refractivity contribution is 0.0491. The van der Waals surface area contributed by atoms with E-state index in [0.29, 0.717) is 18.4 Å². The molecular weight excluding hydrogens is 200 g/mol. The van der Waals surface area contributed by atoms with Crippen LogP contribution in [-0.4, -0.2) is 15.8 Å². The van der Waals surface area contributed by atoms with E-state index >= 15 is 0 Å². The zero-order valence-electron chi connectivity index (χ0n) is 9.98. The zero-order chi connectivity index (χ0) is 12.2. The summed E-state index contributed by atoms with van der Waals surface area (Å²) in [6, 6.07) is 9.38. The van der Waals surface area contributed by atoms with Crippen molar-refractivity contribution in [1.29, 1.82) is 0 Å². The molecule has 0 spiro atoms. The predicted octanol–water partition coefficient (Wildman–Crippen LogP) is 2.83. The molecule has 16 heavy (non-hydrogen) atoms. The molecule has 0 aromatic heterocycles. The van der Waals surface area contributed by atoms with E-state index in [9.17, 15) is 10.2 Å². The summed E-state index contributed by atoms with van der Waals surface area (Å²) in [7, 11) is 0. The van der Waals surface area contributed by atoms with Gasteiger partial charge in [-0.1, -0.05) is 43.8 Å². The van der Waals surface area contributed by atoms with Gasteiger partial charge in [0.05, 0.1) is 11.7 Å². The number of rotatable bonds is 5. The minimum Gasteiger partial charge on any atom is -0.390 e. The van der Waals surface area contributed by atoms with Gasteiger partial charge in [0.1, 0.15) is 0 Å². The highest BCUT2D eigenvalue weighted by atomic mass is 16.3. The second kappa shape index (κ2) is 5.28. The molecule has 0 amide bonds. The van der Waals surface area contributed by atoms with E-state index in [1.54, 1.807) is 6.92 Å². The number of aliphatic hydroxyl groups is 2. The van der Waals surface area contributed by atoms with Crippen molar-refractivity contribution >= 4 is 0 Å². The Morgan fingerprint density at radius 1 is 1.38 bits per heavy atom. The molecule has 1 rings (SSSR count). The van der Waals surface area contributed by atoms with Crippen LogP contribution in [0.4, 0.5) is 0 Å². The highest BCUT2D eigenvalue weighted by Gasteiger charge is 2.22. The van der Waals surface area contributed by atoms with E-state index in [0.717, 1.165) is 5.56 Å². The average Bonchev–Trinajstić information content (AvgIpc) is 2.28. The molecule has 1 aromatic carbocycles. The van der Waals surface area contributed by atoms with Crippen molar-refractivity contribution in [1.82, 2.24) is 0 Å². The third-order valence-electron chi connectivity index (χ3n) is 2.87. The van der Waals surface area contributed by atoms with E-state index in [2.05, 4.69) is 6.58 Å². The topological polar surface area (TPSA) is 40.5 Å². The standard InChI is InChI=1S/C14H20O2/c1-4-14(3,16)10-11(2)13(15)12-8-6-5-7-9-12/h5-9,13,15-16H,2,4,10H2,1,3H3. The van der Waals surface area contributed by atoms with Crippen molar-refractivity contribution in [3.63, 3.8) is 0 Å². The molecule has 2 atom stereocenters. The fourth-order valence-corrected chi connectivity index (χ4v) is 1.58. The average molecular weight is 220 g/mol. The van der Waals surface area contributed by atoms with Crippen LogP contribution in [0.2, 0.25) is 0 Å². The second-order valence-electron chi connectivity index (χ2n) is 4.50. The number of hydrogen-bond acceptors (Lipinski definition) is 2. The van der Waals surface area contributed by atoms with Crippen LogP contribution in [0.1, 0.15) is 38.4 Å². The lowest BCUT2D eigenvalue weighted by Gasteiger charge is -2.25. The largest absolute Gasteiger partial charge is 0.390 e. The highest BCUT2D eigenvalue weighted by molar-refractivity contribution is 5.25. The van der Waals surface area contributed by atoms with Gasteiger partial charge in [-0.3, -0.25) is 0 Å². The van der Waals surface area contributed by atoms with Crippen LogP contribution in [0, 0.1) is 0 Å². The maximum atomic E-state index is 10.0. The summed E-state index contributed by atoms with van der Waals surface area (Å²) < 4.78 is 0. The Hall–Kier alpha value is -1.12. The van der Waals surface area contributed by atoms with Crippen molar-refractivity contribution < 1.29 is 10.2 Å². The van der Waals surface area contributed by atoms with Crippen LogP contribution in [-0.2, 0) is 0 Å². The molecule has 0 aliphatic carbocycles. The van der Waals surface area contributed by atoms with Crippen LogP contribution < -0.4 is 0 Å². The first kappa shape index (κ1) is 12.9. The molecule has 1 aromatic rings. The SMILES string of the molecule is C=C(CC(C)(O)CC)C(O)c1ccccc1. The van der Waals surface area contributed by atoms with Crippen LogP contribution >= 0.6 is 0 Å². The molecular formula is C14H20O2. The number of hydrogen-bond donors (Lipinski definition) is 2. The van der Waals surface area contributed by atoms with Gasteiger partial charge < -0.3 is 10.2 Å². The first-order valence-corrected chi connectivity index (χ1v) is 5.59. The quantitative estimate of drug-likeness (QED) is 0.749. The number of aliphatic hydroxyl groups excluding tert-OH is 1. The van der Waals surface area contributed by atoms with Crippen molar-refractivity contribution in [2.75, 3.05) is 0 Å². The summed E-state index contributed by atoms with van der Waals surface area (Å²) in [5.41, 5.74) is 0.685. The summed E-state index contributed by atoms with van der Waals surface area (Å²) in [4.78, 5) is 0. The third kappa shape index (κ3) is 3.47. The molecule has 2 nitrogen and oxygen atoms in total. The van der Waals surface area contributed by atoms with Gasteiger partial charge in [0.2, 0.25) is 0 Å². The molecule has 0 bridgehead atoms. The minimum absolute atomic E-state index is 0.416. The molecule has 0 saturated carbocycles. The number of benzene rings is 1. The Kier molecular flexibility index (Phi) is 4.27. The minimum atomic E-state index is -0.785. The Morgan fingerprint density at radius 2 is 1.94 bits per heavy atom. The Balaban J connectivity index is 2.69. The van der Waals surface area contributed by atoms with Crippen LogP contribution in [0.5, 0.6) is 0 Å². The molecule has 2 N–H and O–H groups in total. The highest BCUT2D eigenvalue weighted by Crippen LogP contribution is 2.28. The van der Waals surface area contributed by atoms with Crippen molar-refractivity contribution in [3.8, 4) is 0 Å². The van der Waals surface area contributed by atoms with Crippen LogP contribution in [0.3, 0.4) is 0 Å². The van der Waals surface area contributed by atoms with Gasteiger partial charge in [-0.25, -0.2) is 0 Å². The van der Waals surface area contributed by atoms with Crippen molar-refractivity contribution in [2.24, 2.45) is 0 Å². The molecule has 0 heterocycles. The maximum Gasteiger partial charge on any atom is 0.0999 e. The summed E-state index contributed by atoms with van der Waals surface area (Å²) in [6.45, 7) is 7.53. The van der Waals surface area contributed by atoms with E-state index in [1.807, 2.05) is 37.3 Å². The van der Waals surface area contributed by atoms with Gasteiger partial charge >= 0.3 is 0 Å². The predicted molar refractivity (Wildman–Crippen MR) is 66.1 cm³/mol. The second-order valence-corrected chi connectivity index (χ2v) is 4.50. The van der Waals surface area contributed by atoms with Gasteiger partial charge in [0, 0.05) is 0 Å². The molecule has 0 saturated heterocycles. The first-order chi connectivity index (χ1) is 7.46. The Bertz CT molecular complexity index is 341. The Morgan fingerprint density at radius 3 is 2.44 bits per heavy atom. The first-order valence-electron chi connectivity index (χ1n) is 5.59. The lowest BCUT2D eigenvalue weighted by atomic mass is 9.90. The molecule has 0 fully saturated rings. The summed E-state index contributed by atoms with van der Waals surface area (Å²) in [5, 5.41) is 20.0. The normalized spacial score (nSPS) is 16.5. The van der Waals surface area contributed by atoms with Gasteiger partial charge in [-0.15, -0.1) is 0 Å². The van der Waals surface area contributed by atoms with E-state index in [1.165, 1.54) is 0 Å². The fourth-order valence-electron chi connectivity index (χ4n) is 1.58. The smallest absolute Gasteiger partial charge is 0.0999 e. The van der Waals surface area contributed by atoms with Gasteiger partial charge in [0.15, 0.2) is 0 Å². The van der Waals surface area contributed by atoms with Crippen molar-refractivity contribution in [2.45, 2.75) is 38.4 Å². The van der Waals surface area contributed by atoms with Gasteiger partial charge in [-0.2, -0.15) is 0 Å². The Labute approximate surface area is 97.2 Å². The molecule has 88 valence electrons. The van der Waals surface area contributed by atoms with Gasteiger partial charge in [0.25, 0.3) is 0 Å². The maximum absolute atomic E-state index is 10.0. The van der Waals surface area contributed by atoms with Crippen molar-refractivity contribution in [3.05, 3.63) is 48.0 Å². The van der Waals surface area contributed by atoms with Gasteiger partial charge in [-0.05, 0) is 30.9 Å². The third-order valence-corrected chi connectivity index (χ3v) is 2.87. The summed E-state index contributed by atoms with van der Waals surface area (Å²) in [6.07, 6.45) is 0.367. The molecule has 0 aliphatic heterocycles. The molecule has 0 aliphatic rings. The lowest BCUT2D eigenvalue weighted by Crippen LogP contribution is -2.24. The van der Waals surface area contributed by atoms with Crippen LogP contribution in [0.15, 0.2) is 42.5 Å². The van der Waals surface area contributed by atoms with Crippen LogP contribution in [0.25, 0.3) is 0 Å². The monoisotopic (exact) mass is 220 g/mol. The fraction of sp³-hybridized carbons (Fsp3) is 0.429. The molecule has 0 radical (unpaired) electrons. The molecule has 2 heteroatoms. The van der Waals surface area contributed by atoms with E-state index in [4.69, 9.17) is 0 Å². The van der Waals surface area contributed by atoms with E-state index < -0.39 is 11.7 Å². The summed E-state index contributed by atoms with van der Waals surface area (Å²) in [5.74, 6) is 0. The molecule has 2 unspecified atom stereocenters. The summed E-state index contributed by atoms with van der Waals surface area (Å²) >= 11 is 0. The van der Waals surface area contributed by atoms with E-state index in [-0.39, 0.29) is 0 Å². The zero-order valence-corrected chi connectivity index (χ0v) is 9.98.